The standard InChI is InChI=1S/C20H17F6N5O/c1-18(20(24,25)26,11-3-6-14(19(21,22)23)10(7-11)8-27)16-13(9-28)15(30-31(16)2)17(32)29-12-4-5-12/h3,6-7,9,12,28H,4-5H2,1-2H3,(H,29,32). The smallest absolute Gasteiger partial charge is 0.348 e. The first-order valence-electron chi connectivity index (χ1n) is 9.33. The van der Waals surface area contributed by atoms with E-state index in [1.54, 1.807) is 0 Å². The molecule has 32 heavy (non-hydrogen) atoms. The maximum atomic E-state index is 14.5. The Labute approximate surface area is 178 Å². The van der Waals surface area contributed by atoms with Gasteiger partial charge in [0.15, 0.2) is 5.69 Å². The highest BCUT2D eigenvalue weighted by Crippen LogP contribution is 2.48. The summed E-state index contributed by atoms with van der Waals surface area (Å²) in [5.74, 6) is -0.748. The fourth-order valence-electron chi connectivity index (χ4n) is 3.55. The Kier molecular flexibility index (Phi) is 5.57. The number of amides is 1. The van der Waals surface area contributed by atoms with Crippen LogP contribution in [0.3, 0.4) is 0 Å². The molecule has 1 aromatic heterocycles. The van der Waals surface area contributed by atoms with E-state index >= 15 is 0 Å². The summed E-state index contributed by atoms with van der Waals surface area (Å²) in [6.45, 7) is 0.712. The number of carbonyl (C=O) groups excluding carboxylic acids is 1. The number of hydrogen-bond acceptors (Lipinski definition) is 4. The van der Waals surface area contributed by atoms with Crippen LogP contribution < -0.4 is 5.32 Å². The van der Waals surface area contributed by atoms with Crippen LogP contribution in [0.25, 0.3) is 0 Å². The van der Waals surface area contributed by atoms with Crippen molar-refractivity contribution in [3.05, 3.63) is 51.8 Å². The molecule has 1 aliphatic carbocycles. The number of nitrogens with one attached hydrogen (secondary N) is 2. The number of hydrogen-bond donors (Lipinski definition) is 2. The number of carbonyl (C=O) groups is 1. The van der Waals surface area contributed by atoms with E-state index in [2.05, 4.69) is 10.4 Å². The van der Waals surface area contributed by atoms with Crippen molar-refractivity contribution in [2.24, 2.45) is 7.05 Å². The molecule has 1 heterocycles. The number of nitrogens with zero attached hydrogens (tertiary/aromatic N) is 3. The van der Waals surface area contributed by atoms with Gasteiger partial charge in [-0.05, 0) is 37.5 Å². The molecule has 1 aromatic carbocycles. The summed E-state index contributed by atoms with van der Waals surface area (Å²) in [6, 6.07) is 2.76. The molecule has 0 radical (unpaired) electrons. The van der Waals surface area contributed by atoms with Gasteiger partial charge in [-0.1, -0.05) is 6.07 Å². The van der Waals surface area contributed by atoms with Gasteiger partial charge < -0.3 is 10.7 Å². The van der Waals surface area contributed by atoms with E-state index in [1.165, 1.54) is 6.07 Å². The number of aromatic nitrogens is 2. The molecule has 1 atom stereocenters. The molecule has 1 unspecified atom stereocenters. The lowest BCUT2D eigenvalue weighted by Gasteiger charge is -2.33. The van der Waals surface area contributed by atoms with Crippen molar-refractivity contribution >= 4 is 12.1 Å². The zero-order valence-corrected chi connectivity index (χ0v) is 16.8. The van der Waals surface area contributed by atoms with Crippen molar-refractivity contribution in [2.45, 2.75) is 43.6 Å². The van der Waals surface area contributed by atoms with Crippen LogP contribution in [0.1, 0.15) is 58.2 Å². The first kappa shape index (κ1) is 23.3. The molecule has 2 aromatic rings. The molecule has 1 aliphatic rings. The van der Waals surface area contributed by atoms with Gasteiger partial charge in [-0.2, -0.15) is 36.7 Å². The molecule has 6 nitrogen and oxygen atoms in total. The number of halogens is 6. The molecule has 170 valence electrons. The lowest BCUT2D eigenvalue weighted by molar-refractivity contribution is -0.174. The number of alkyl halides is 6. The van der Waals surface area contributed by atoms with E-state index < -0.39 is 57.3 Å². The van der Waals surface area contributed by atoms with Crippen LogP contribution in [0.15, 0.2) is 18.2 Å². The maximum Gasteiger partial charge on any atom is 0.417 e. The molecule has 3 rings (SSSR count). The Bertz CT molecular complexity index is 1120. The molecule has 0 aliphatic heterocycles. The van der Waals surface area contributed by atoms with Gasteiger partial charge in [0.1, 0.15) is 5.41 Å². The lowest BCUT2D eigenvalue weighted by Crippen LogP contribution is -2.43. The number of nitriles is 1. The van der Waals surface area contributed by atoms with Crippen molar-refractivity contribution in [2.75, 3.05) is 0 Å². The van der Waals surface area contributed by atoms with Crippen molar-refractivity contribution in [1.29, 1.82) is 10.7 Å². The molecular weight excluding hydrogens is 440 g/mol. The van der Waals surface area contributed by atoms with Crippen molar-refractivity contribution in [3.63, 3.8) is 0 Å². The number of rotatable bonds is 5. The fraction of sp³-hybridized carbons (Fsp3) is 0.400. The van der Waals surface area contributed by atoms with Gasteiger partial charge >= 0.3 is 12.4 Å². The minimum Gasteiger partial charge on any atom is -0.348 e. The second-order valence-corrected chi connectivity index (χ2v) is 7.62. The minimum absolute atomic E-state index is 0.117. The van der Waals surface area contributed by atoms with Gasteiger partial charge in [0.05, 0.1) is 22.9 Å². The Morgan fingerprint density at radius 1 is 1.28 bits per heavy atom. The van der Waals surface area contributed by atoms with Gasteiger partial charge in [-0.25, -0.2) is 0 Å². The zero-order valence-electron chi connectivity index (χ0n) is 16.8. The Hall–Kier alpha value is -3.36. The monoisotopic (exact) mass is 457 g/mol. The molecule has 1 amide bonds. The molecule has 0 bridgehead atoms. The van der Waals surface area contributed by atoms with E-state index in [1.807, 2.05) is 0 Å². The summed E-state index contributed by atoms with van der Waals surface area (Å²) in [4.78, 5) is 12.5. The summed E-state index contributed by atoms with van der Waals surface area (Å²) in [5.41, 5.74) is -7.39. The van der Waals surface area contributed by atoms with Gasteiger partial charge in [0, 0.05) is 24.9 Å². The SMILES string of the molecule is Cn1nc(C(=O)NC2CC2)c(C=N)c1C(C)(c1ccc(C(F)(F)F)c(C#N)c1)C(F)(F)F. The summed E-state index contributed by atoms with van der Waals surface area (Å²) < 4.78 is 83.6. The molecular formula is C20H17F6N5O. The average molecular weight is 457 g/mol. The third-order valence-corrected chi connectivity index (χ3v) is 5.42. The summed E-state index contributed by atoms with van der Waals surface area (Å²) in [5, 5.41) is 23.2. The predicted octanol–water partition coefficient (Wildman–Crippen LogP) is 4.07. The van der Waals surface area contributed by atoms with E-state index in [9.17, 15) is 31.1 Å². The Morgan fingerprint density at radius 3 is 2.38 bits per heavy atom. The van der Waals surface area contributed by atoms with Gasteiger partial charge in [0.2, 0.25) is 0 Å². The summed E-state index contributed by atoms with van der Waals surface area (Å²) in [6.07, 6.45) is -8.01. The van der Waals surface area contributed by atoms with E-state index in [4.69, 9.17) is 10.7 Å². The first-order valence-corrected chi connectivity index (χ1v) is 9.33. The highest BCUT2D eigenvalue weighted by Gasteiger charge is 2.57. The topological polar surface area (TPSA) is 94.6 Å². The fourth-order valence-corrected chi connectivity index (χ4v) is 3.55. The van der Waals surface area contributed by atoms with Crippen LogP contribution >= 0.6 is 0 Å². The molecule has 0 spiro atoms. The summed E-state index contributed by atoms with van der Waals surface area (Å²) in [7, 11) is 1.15. The van der Waals surface area contributed by atoms with Crippen LogP contribution in [0.5, 0.6) is 0 Å². The molecule has 2 N–H and O–H groups in total. The van der Waals surface area contributed by atoms with E-state index in [-0.39, 0.29) is 6.04 Å². The van der Waals surface area contributed by atoms with Crippen LogP contribution in [0, 0.1) is 16.7 Å². The zero-order chi connectivity index (χ0) is 24.1. The number of aryl methyl sites for hydroxylation is 1. The molecule has 1 saturated carbocycles. The first-order chi connectivity index (χ1) is 14.8. The average Bonchev–Trinajstić information content (AvgIpc) is 3.44. The second-order valence-electron chi connectivity index (χ2n) is 7.62. The molecule has 12 heteroatoms. The quantitative estimate of drug-likeness (QED) is 0.524. The highest BCUT2D eigenvalue weighted by molar-refractivity contribution is 6.01. The third-order valence-electron chi connectivity index (χ3n) is 5.42. The third kappa shape index (κ3) is 3.83. The minimum atomic E-state index is -5.07. The normalized spacial score (nSPS) is 16.2. The van der Waals surface area contributed by atoms with Crippen molar-refractivity contribution in [3.8, 4) is 6.07 Å². The van der Waals surface area contributed by atoms with Gasteiger partial charge in [0.25, 0.3) is 5.91 Å². The van der Waals surface area contributed by atoms with E-state index in [0.717, 1.165) is 11.7 Å². The number of benzene rings is 1. The Balaban J connectivity index is 2.26. The van der Waals surface area contributed by atoms with Gasteiger partial charge in [-0.3, -0.25) is 9.48 Å². The molecule has 0 saturated heterocycles. The van der Waals surface area contributed by atoms with Crippen molar-refractivity contribution < 1.29 is 31.1 Å². The maximum absolute atomic E-state index is 14.5. The van der Waals surface area contributed by atoms with Crippen LogP contribution in [0.2, 0.25) is 0 Å². The Morgan fingerprint density at radius 2 is 1.91 bits per heavy atom. The van der Waals surface area contributed by atoms with Crippen LogP contribution in [0.4, 0.5) is 26.3 Å². The second kappa shape index (κ2) is 7.65. The van der Waals surface area contributed by atoms with Crippen molar-refractivity contribution in [1.82, 2.24) is 15.1 Å². The highest BCUT2D eigenvalue weighted by atomic mass is 19.4. The van der Waals surface area contributed by atoms with Crippen LogP contribution in [-0.2, 0) is 18.6 Å². The van der Waals surface area contributed by atoms with Crippen LogP contribution in [-0.4, -0.2) is 34.1 Å². The predicted molar refractivity (Wildman–Crippen MR) is 100 cm³/mol. The molecule has 1 fully saturated rings. The van der Waals surface area contributed by atoms with E-state index in [0.29, 0.717) is 44.2 Å². The largest absolute Gasteiger partial charge is 0.417 e. The summed E-state index contributed by atoms with van der Waals surface area (Å²) >= 11 is 0. The lowest BCUT2D eigenvalue weighted by atomic mass is 9.75. The van der Waals surface area contributed by atoms with Gasteiger partial charge in [-0.15, -0.1) is 0 Å².